The van der Waals surface area contributed by atoms with Crippen molar-refractivity contribution in [2.45, 2.75) is 121 Å². The molecule has 15 atom stereocenters. The number of rotatable bonds is 3. The number of ketones is 1. The standard InChI is InChI=1S/C33H49NO8/c1-15-11-23-26(34-13-15)17(3)33(42-23)10-8-20-21-6-5-18-12-19(40-31-22(14-35)27(36)29(38)30(39)41-31)7-9-32(18,4)25(21)28(37)24(20)16(33)2/h5,15,17,19-23,25-27,29-31,34-36,38-39H,6-14H2,1-4H3/t15?,17?,19?,20?,21?,22?,23?,25?,26?,27?,29?,30?,31?,32-,33?/m0/s1. The van der Waals surface area contributed by atoms with Crippen molar-refractivity contribution >= 4 is 5.78 Å². The molecule has 3 heterocycles. The second-order valence-electron chi connectivity index (χ2n) is 14.9. The first-order valence-corrected chi connectivity index (χ1v) is 16.3. The van der Waals surface area contributed by atoms with Crippen LogP contribution in [-0.4, -0.2) is 88.0 Å². The molecule has 9 heteroatoms. The summed E-state index contributed by atoms with van der Waals surface area (Å²) in [6.45, 7) is 9.65. The van der Waals surface area contributed by atoms with Gasteiger partial charge in [0.25, 0.3) is 0 Å². The van der Waals surface area contributed by atoms with Crippen LogP contribution in [0, 0.1) is 40.9 Å². The fourth-order valence-corrected chi connectivity index (χ4v) is 10.4. The second-order valence-corrected chi connectivity index (χ2v) is 14.9. The van der Waals surface area contributed by atoms with Gasteiger partial charge in [0, 0.05) is 23.5 Å². The SMILES string of the molecule is CC1=C2C(=O)C3C(CC=C4CC(OC5OC(O)C(O)C(O)C5CO)CC[C@@]43C)C2CCC12OC1CC(C)CNC1C2C. The topological polar surface area (TPSA) is 138 Å². The number of hydrogen-bond acceptors (Lipinski definition) is 9. The predicted molar refractivity (Wildman–Crippen MR) is 153 cm³/mol. The van der Waals surface area contributed by atoms with Crippen molar-refractivity contribution in [2.75, 3.05) is 13.2 Å². The molecule has 0 aromatic carbocycles. The molecule has 3 saturated heterocycles. The molecular weight excluding hydrogens is 538 g/mol. The maximum atomic E-state index is 14.5. The number of Topliss-reactive ketones (excluding diaryl/α,β-unsaturated/α-hetero) is 1. The minimum absolute atomic E-state index is 0.0457. The van der Waals surface area contributed by atoms with Crippen molar-refractivity contribution in [3.8, 4) is 0 Å². The molecule has 0 aromatic rings. The lowest BCUT2D eigenvalue weighted by molar-refractivity contribution is -0.341. The summed E-state index contributed by atoms with van der Waals surface area (Å²) in [7, 11) is 0. The lowest BCUT2D eigenvalue weighted by Gasteiger charge is -2.49. The second kappa shape index (κ2) is 10.4. The van der Waals surface area contributed by atoms with Gasteiger partial charge in [-0.05, 0) is 87.2 Å². The van der Waals surface area contributed by atoms with Gasteiger partial charge in [0.15, 0.2) is 18.4 Å². The van der Waals surface area contributed by atoms with Crippen LogP contribution in [0.3, 0.4) is 0 Å². The summed E-state index contributed by atoms with van der Waals surface area (Å²) in [6.07, 6.45) is 2.96. The van der Waals surface area contributed by atoms with Crippen LogP contribution in [0.25, 0.3) is 0 Å². The Morgan fingerprint density at radius 1 is 1.14 bits per heavy atom. The summed E-state index contributed by atoms with van der Waals surface area (Å²) in [5, 5.41) is 44.0. The van der Waals surface area contributed by atoms with Crippen molar-refractivity contribution in [1.82, 2.24) is 5.32 Å². The number of nitrogens with one attached hydrogen (secondary N) is 1. The van der Waals surface area contributed by atoms with E-state index >= 15 is 0 Å². The molecule has 234 valence electrons. The van der Waals surface area contributed by atoms with Crippen molar-refractivity contribution < 1.29 is 39.4 Å². The highest BCUT2D eigenvalue weighted by Gasteiger charge is 2.63. The molecule has 3 aliphatic heterocycles. The molecule has 2 saturated carbocycles. The number of carbonyl (C=O) groups is 1. The van der Waals surface area contributed by atoms with Crippen molar-refractivity contribution in [3.05, 3.63) is 22.8 Å². The van der Waals surface area contributed by atoms with Crippen molar-refractivity contribution in [2.24, 2.45) is 40.9 Å². The van der Waals surface area contributed by atoms with E-state index in [0.29, 0.717) is 42.4 Å². The van der Waals surface area contributed by atoms with E-state index in [1.165, 1.54) is 11.1 Å². The molecule has 5 fully saturated rings. The summed E-state index contributed by atoms with van der Waals surface area (Å²) in [5.41, 5.74) is 2.90. The Kier molecular flexibility index (Phi) is 7.34. The number of aliphatic hydroxyl groups is 4. The maximum absolute atomic E-state index is 14.5. The smallest absolute Gasteiger partial charge is 0.186 e. The van der Waals surface area contributed by atoms with Crippen LogP contribution in [0.1, 0.15) is 72.6 Å². The molecule has 0 aromatic heterocycles. The predicted octanol–water partition coefficient (Wildman–Crippen LogP) is 2.21. The molecule has 7 rings (SSSR count). The minimum Gasteiger partial charge on any atom is -0.396 e. The summed E-state index contributed by atoms with van der Waals surface area (Å²) in [5.74, 6) is 0.961. The van der Waals surface area contributed by atoms with Crippen LogP contribution in [0.15, 0.2) is 22.8 Å². The van der Waals surface area contributed by atoms with Crippen LogP contribution >= 0.6 is 0 Å². The average molecular weight is 588 g/mol. The van der Waals surface area contributed by atoms with Gasteiger partial charge in [-0.25, -0.2) is 0 Å². The quantitative estimate of drug-likeness (QED) is 0.315. The number of ether oxygens (including phenoxy) is 3. The normalized spacial score (nSPS) is 53.9. The van der Waals surface area contributed by atoms with E-state index in [0.717, 1.165) is 44.2 Å². The van der Waals surface area contributed by atoms with E-state index in [1.807, 2.05) is 0 Å². The van der Waals surface area contributed by atoms with Gasteiger partial charge >= 0.3 is 0 Å². The third kappa shape index (κ3) is 4.14. The highest BCUT2D eigenvalue weighted by Crippen LogP contribution is 2.64. The zero-order valence-corrected chi connectivity index (χ0v) is 25.4. The van der Waals surface area contributed by atoms with Crippen LogP contribution in [0.5, 0.6) is 0 Å². The number of allylic oxidation sites excluding steroid dienone is 2. The van der Waals surface area contributed by atoms with Crippen molar-refractivity contribution in [1.29, 1.82) is 0 Å². The summed E-state index contributed by atoms with van der Waals surface area (Å²) < 4.78 is 18.7. The molecule has 14 unspecified atom stereocenters. The highest BCUT2D eigenvalue weighted by molar-refractivity contribution is 6.02. The Labute approximate surface area is 248 Å². The Hall–Kier alpha value is -1.17. The first-order chi connectivity index (χ1) is 20.0. The van der Waals surface area contributed by atoms with Crippen LogP contribution in [0.4, 0.5) is 0 Å². The molecule has 0 bridgehead atoms. The highest BCUT2D eigenvalue weighted by atomic mass is 16.7. The first kappa shape index (κ1) is 29.5. The van der Waals surface area contributed by atoms with Gasteiger partial charge in [-0.15, -0.1) is 0 Å². The fraction of sp³-hybridized carbons (Fsp3) is 0.848. The Morgan fingerprint density at radius 3 is 2.69 bits per heavy atom. The van der Waals surface area contributed by atoms with Gasteiger partial charge in [0.05, 0.1) is 36.4 Å². The number of carbonyl (C=O) groups excluding carboxylic acids is 1. The average Bonchev–Trinajstić information content (AvgIpc) is 3.41. The molecule has 0 radical (unpaired) electrons. The first-order valence-electron chi connectivity index (χ1n) is 16.3. The Bertz CT molecular complexity index is 1170. The van der Waals surface area contributed by atoms with Gasteiger partial charge in [-0.3, -0.25) is 4.79 Å². The van der Waals surface area contributed by atoms with Gasteiger partial charge in [0.1, 0.15) is 6.10 Å². The maximum Gasteiger partial charge on any atom is 0.186 e. The van der Waals surface area contributed by atoms with Gasteiger partial charge in [0.2, 0.25) is 0 Å². The Morgan fingerprint density at radius 2 is 1.93 bits per heavy atom. The zero-order valence-electron chi connectivity index (χ0n) is 25.4. The molecule has 7 aliphatic rings. The van der Waals surface area contributed by atoms with Gasteiger partial charge in [-0.2, -0.15) is 0 Å². The molecule has 4 aliphatic carbocycles. The number of piperidine rings is 1. The van der Waals surface area contributed by atoms with E-state index < -0.39 is 37.3 Å². The molecule has 9 nitrogen and oxygen atoms in total. The lowest BCUT2D eigenvalue weighted by atomic mass is 9.56. The lowest BCUT2D eigenvalue weighted by Crippen LogP contribution is -2.57. The fourth-order valence-electron chi connectivity index (χ4n) is 10.4. The van der Waals surface area contributed by atoms with Gasteiger partial charge < -0.3 is 40.0 Å². The van der Waals surface area contributed by atoms with E-state index in [1.54, 1.807) is 0 Å². The van der Waals surface area contributed by atoms with Crippen LogP contribution < -0.4 is 5.32 Å². The van der Waals surface area contributed by atoms with Crippen LogP contribution in [-0.2, 0) is 19.0 Å². The van der Waals surface area contributed by atoms with E-state index in [2.05, 4.69) is 39.1 Å². The largest absolute Gasteiger partial charge is 0.396 e. The third-order valence-electron chi connectivity index (χ3n) is 12.8. The number of hydrogen-bond donors (Lipinski definition) is 5. The van der Waals surface area contributed by atoms with Gasteiger partial charge in [-0.1, -0.05) is 32.4 Å². The summed E-state index contributed by atoms with van der Waals surface area (Å²) >= 11 is 0. The molecular formula is C33H49NO8. The van der Waals surface area contributed by atoms with E-state index in [4.69, 9.17) is 14.2 Å². The monoisotopic (exact) mass is 587 g/mol. The molecule has 1 spiro atoms. The molecule has 42 heavy (non-hydrogen) atoms. The molecule has 5 N–H and O–H groups in total. The third-order valence-corrected chi connectivity index (χ3v) is 12.8. The van der Waals surface area contributed by atoms with Crippen molar-refractivity contribution in [3.63, 3.8) is 0 Å². The minimum atomic E-state index is -1.58. The van der Waals surface area contributed by atoms with E-state index in [9.17, 15) is 25.2 Å². The summed E-state index contributed by atoms with van der Waals surface area (Å²) in [4.78, 5) is 14.5. The number of aliphatic hydroxyl groups excluding tert-OH is 4. The van der Waals surface area contributed by atoms with E-state index in [-0.39, 0.29) is 35.1 Å². The van der Waals surface area contributed by atoms with Crippen LogP contribution in [0.2, 0.25) is 0 Å². The Balaban J connectivity index is 1.11. The zero-order chi connectivity index (χ0) is 29.7. The number of fused-ring (bicyclic) bond motifs is 6. The molecule has 0 amide bonds. The summed E-state index contributed by atoms with van der Waals surface area (Å²) in [6, 6.07) is 0.345.